The third-order valence-corrected chi connectivity index (χ3v) is 3.89. The molecule has 0 aromatic heterocycles. The fourth-order valence-corrected chi connectivity index (χ4v) is 2.51. The minimum Gasteiger partial charge on any atom is -0.288 e. The summed E-state index contributed by atoms with van der Waals surface area (Å²) in [5.41, 5.74) is 0.517. The van der Waals surface area contributed by atoms with Crippen molar-refractivity contribution >= 4 is 33.2 Å². The Morgan fingerprint density at radius 2 is 1.80 bits per heavy atom. The van der Waals surface area contributed by atoms with E-state index in [1.165, 1.54) is 24.3 Å². The predicted molar refractivity (Wildman–Crippen MR) is 74.8 cm³/mol. The van der Waals surface area contributed by atoms with Crippen molar-refractivity contribution in [3.05, 3.63) is 53.1 Å². The molecule has 20 heavy (non-hydrogen) atoms. The number of benzene rings is 1. The number of hydrogen-bond donors (Lipinski definition) is 0. The van der Waals surface area contributed by atoms with Gasteiger partial charge in [0.15, 0.2) is 5.78 Å². The monoisotopic (exact) mass is 311 g/mol. The fraction of sp³-hybridized carbons (Fsp3) is 0.0769. The largest absolute Gasteiger partial charge is 0.358 e. The summed E-state index contributed by atoms with van der Waals surface area (Å²) in [6.07, 6.45) is 2.64. The van der Waals surface area contributed by atoms with Gasteiger partial charge in [0.25, 0.3) is 0 Å². The lowest BCUT2D eigenvalue weighted by molar-refractivity contribution is -0.111. The number of rotatable bonds is 3. The standard InChI is InChI=1S/C13H10ClNO4S/c1-9-7-10(8-12(14)13(9)16)15-19-20(17,18)11-5-3-2-4-6-11/h2-8H,1H3/b15-10-. The summed E-state index contributed by atoms with van der Waals surface area (Å²) in [5, 5.41) is 3.47. The summed E-state index contributed by atoms with van der Waals surface area (Å²) in [7, 11) is -3.98. The van der Waals surface area contributed by atoms with Crippen LogP contribution in [0.2, 0.25) is 0 Å². The second kappa shape index (κ2) is 5.60. The number of nitrogens with zero attached hydrogens (tertiary/aromatic N) is 1. The molecule has 0 radical (unpaired) electrons. The van der Waals surface area contributed by atoms with Crippen LogP contribution >= 0.6 is 11.6 Å². The SMILES string of the molecule is CC1=C/C(=N/OS(=O)(=O)c2ccccc2)C=C(Cl)C1=O. The van der Waals surface area contributed by atoms with Crippen molar-refractivity contribution in [2.75, 3.05) is 0 Å². The molecule has 5 nitrogen and oxygen atoms in total. The number of allylic oxidation sites excluding steroid dienone is 4. The highest BCUT2D eigenvalue weighted by atomic mass is 35.5. The molecule has 1 aliphatic carbocycles. The van der Waals surface area contributed by atoms with Crippen molar-refractivity contribution in [1.82, 2.24) is 0 Å². The molecule has 1 aromatic rings. The maximum absolute atomic E-state index is 11.8. The first-order valence-corrected chi connectivity index (χ1v) is 7.36. The van der Waals surface area contributed by atoms with E-state index < -0.39 is 10.1 Å². The fourth-order valence-electron chi connectivity index (χ4n) is 1.49. The number of halogens is 1. The molecule has 0 spiro atoms. The van der Waals surface area contributed by atoms with Gasteiger partial charge in [0, 0.05) is 5.57 Å². The zero-order chi connectivity index (χ0) is 14.8. The van der Waals surface area contributed by atoms with Crippen molar-refractivity contribution in [2.24, 2.45) is 5.16 Å². The number of ketones is 1. The number of hydrogen-bond acceptors (Lipinski definition) is 5. The van der Waals surface area contributed by atoms with Crippen molar-refractivity contribution in [3.63, 3.8) is 0 Å². The normalized spacial score (nSPS) is 17.7. The van der Waals surface area contributed by atoms with E-state index in [4.69, 9.17) is 11.6 Å². The first-order valence-electron chi connectivity index (χ1n) is 5.57. The summed E-state index contributed by atoms with van der Waals surface area (Å²) < 4.78 is 28.3. The Bertz CT molecular complexity index is 709. The Morgan fingerprint density at radius 1 is 1.15 bits per heavy atom. The molecule has 7 heteroatoms. The smallest absolute Gasteiger partial charge is 0.288 e. The second-order valence-corrected chi connectivity index (χ2v) is 5.94. The van der Waals surface area contributed by atoms with Gasteiger partial charge in [0.1, 0.15) is 10.6 Å². The Labute approximate surface area is 121 Å². The van der Waals surface area contributed by atoms with Gasteiger partial charge in [-0.2, -0.15) is 8.42 Å². The zero-order valence-electron chi connectivity index (χ0n) is 10.4. The van der Waals surface area contributed by atoms with E-state index in [2.05, 4.69) is 9.44 Å². The molecule has 0 bridgehead atoms. The van der Waals surface area contributed by atoms with Crippen LogP contribution in [-0.2, 0) is 19.2 Å². The maximum Gasteiger partial charge on any atom is 0.358 e. The van der Waals surface area contributed by atoms with Crippen LogP contribution in [0.1, 0.15) is 6.92 Å². The van der Waals surface area contributed by atoms with Crippen LogP contribution in [0.5, 0.6) is 0 Å². The van der Waals surface area contributed by atoms with Crippen LogP contribution in [0.3, 0.4) is 0 Å². The Hall–Kier alpha value is -1.92. The van der Waals surface area contributed by atoms with Crippen LogP contribution in [-0.4, -0.2) is 19.9 Å². The molecule has 0 saturated carbocycles. The summed E-state index contributed by atoms with van der Waals surface area (Å²) in [6, 6.07) is 7.62. The van der Waals surface area contributed by atoms with Gasteiger partial charge >= 0.3 is 10.1 Å². The molecular formula is C13H10ClNO4S. The molecule has 2 rings (SSSR count). The van der Waals surface area contributed by atoms with Crippen LogP contribution in [0.25, 0.3) is 0 Å². The molecule has 1 aliphatic rings. The summed E-state index contributed by atoms with van der Waals surface area (Å²) in [6.45, 7) is 1.55. The number of carbonyl (C=O) groups is 1. The third kappa shape index (κ3) is 3.15. The van der Waals surface area contributed by atoms with Gasteiger partial charge < -0.3 is 0 Å². The van der Waals surface area contributed by atoms with E-state index in [0.717, 1.165) is 0 Å². The zero-order valence-corrected chi connectivity index (χ0v) is 12.0. The van der Waals surface area contributed by atoms with Crippen LogP contribution in [0.15, 0.2) is 63.1 Å². The van der Waals surface area contributed by atoms with Gasteiger partial charge in [-0.15, -0.1) is 0 Å². The number of carbonyl (C=O) groups excluding carboxylic acids is 1. The van der Waals surface area contributed by atoms with Crippen molar-refractivity contribution in [2.45, 2.75) is 11.8 Å². The molecule has 104 valence electrons. The highest BCUT2D eigenvalue weighted by molar-refractivity contribution is 7.86. The molecule has 0 aliphatic heterocycles. The van der Waals surface area contributed by atoms with Gasteiger partial charge in [-0.1, -0.05) is 35.0 Å². The van der Waals surface area contributed by atoms with Crippen molar-refractivity contribution < 1.29 is 17.5 Å². The van der Waals surface area contributed by atoms with Crippen molar-refractivity contribution in [3.8, 4) is 0 Å². The molecule has 0 saturated heterocycles. The molecule has 0 N–H and O–H groups in total. The minimum atomic E-state index is -3.98. The van der Waals surface area contributed by atoms with E-state index in [-0.39, 0.29) is 21.4 Å². The Kier molecular flexibility index (Phi) is 4.06. The lowest BCUT2D eigenvalue weighted by Crippen LogP contribution is -2.11. The highest BCUT2D eigenvalue weighted by Crippen LogP contribution is 2.17. The van der Waals surface area contributed by atoms with Gasteiger partial charge in [-0.05, 0) is 31.2 Å². The molecule has 0 atom stereocenters. The third-order valence-electron chi connectivity index (χ3n) is 2.49. The first-order chi connectivity index (χ1) is 9.40. The average Bonchev–Trinajstić information content (AvgIpc) is 2.43. The van der Waals surface area contributed by atoms with Crippen LogP contribution < -0.4 is 0 Å². The van der Waals surface area contributed by atoms with E-state index in [9.17, 15) is 13.2 Å². The second-order valence-electron chi connectivity index (χ2n) is 4.01. The van der Waals surface area contributed by atoms with Crippen LogP contribution in [0, 0.1) is 0 Å². The highest BCUT2D eigenvalue weighted by Gasteiger charge is 2.18. The lowest BCUT2D eigenvalue weighted by Gasteiger charge is -2.07. The summed E-state index contributed by atoms with van der Waals surface area (Å²) in [4.78, 5) is 11.4. The van der Waals surface area contributed by atoms with Gasteiger partial charge in [-0.25, -0.2) is 0 Å². The van der Waals surface area contributed by atoms with Crippen molar-refractivity contribution in [1.29, 1.82) is 0 Å². The van der Waals surface area contributed by atoms with E-state index in [0.29, 0.717) is 5.57 Å². The molecule has 1 aromatic carbocycles. The predicted octanol–water partition coefficient (Wildman–Crippen LogP) is 2.40. The lowest BCUT2D eigenvalue weighted by atomic mass is 10.1. The van der Waals surface area contributed by atoms with E-state index >= 15 is 0 Å². The van der Waals surface area contributed by atoms with Gasteiger partial charge in [-0.3, -0.25) is 9.08 Å². The summed E-state index contributed by atoms with van der Waals surface area (Å²) >= 11 is 5.71. The van der Waals surface area contributed by atoms with Gasteiger partial charge in [0.2, 0.25) is 0 Å². The molecule has 0 amide bonds. The van der Waals surface area contributed by atoms with E-state index in [1.54, 1.807) is 25.1 Å². The molecule has 0 heterocycles. The molecule has 0 fully saturated rings. The minimum absolute atomic E-state index is 0.00739. The number of oxime groups is 1. The van der Waals surface area contributed by atoms with Crippen LogP contribution in [0.4, 0.5) is 0 Å². The van der Waals surface area contributed by atoms with E-state index in [1.807, 2.05) is 0 Å². The maximum atomic E-state index is 11.8. The van der Waals surface area contributed by atoms with Gasteiger partial charge in [0.05, 0.1) is 5.03 Å². The average molecular weight is 312 g/mol. The Balaban J connectivity index is 2.24. The molecular weight excluding hydrogens is 302 g/mol. The number of Topliss-reactive ketones (excluding diaryl/α,β-unsaturated/α-hetero) is 1. The first kappa shape index (κ1) is 14.5. The quantitative estimate of drug-likeness (QED) is 0.634. The summed E-state index contributed by atoms with van der Waals surface area (Å²) in [5.74, 6) is -0.323. The Morgan fingerprint density at radius 3 is 2.40 bits per heavy atom. The molecule has 0 unspecified atom stereocenters. The topological polar surface area (TPSA) is 72.8 Å².